The zero-order chi connectivity index (χ0) is 18.8. The number of anilines is 1. The topological polar surface area (TPSA) is 43.9 Å². The van der Waals surface area contributed by atoms with Crippen LogP contribution < -0.4 is 4.90 Å². The molecular formula is C21H22FN3O2. The first-order valence-electron chi connectivity index (χ1n) is 9.28. The standard InChI is InChI=1S/C21H22FN3O2/c22-18-7-3-4-8-19(18)23-11-13-24(14-12-23)20(26)21(27)25-10-9-16-5-1-2-6-17(16)15-25/h1-8H,9-15H2. The second-order valence-corrected chi connectivity index (χ2v) is 6.98. The van der Waals surface area contributed by atoms with E-state index < -0.39 is 11.8 Å². The molecule has 27 heavy (non-hydrogen) atoms. The fraction of sp³-hybridized carbons (Fsp3) is 0.333. The van der Waals surface area contributed by atoms with Gasteiger partial charge in [-0.3, -0.25) is 9.59 Å². The molecule has 0 radical (unpaired) electrons. The van der Waals surface area contributed by atoms with Gasteiger partial charge < -0.3 is 14.7 Å². The number of benzene rings is 2. The lowest BCUT2D eigenvalue weighted by molar-refractivity contribution is -0.152. The van der Waals surface area contributed by atoms with Crippen molar-refractivity contribution in [3.63, 3.8) is 0 Å². The third-order valence-electron chi connectivity index (χ3n) is 5.36. The Morgan fingerprint density at radius 2 is 1.37 bits per heavy atom. The first-order chi connectivity index (χ1) is 13.1. The van der Waals surface area contributed by atoms with E-state index in [-0.39, 0.29) is 5.82 Å². The number of hydrogen-bond acceptors (Lipinski definition) is 3. The van der Waals surface area contributed by atoms with Gasteiger partial charge in [0, 0.05) is 39.3 Å². The van der Waals surface area contributed by atoms with Gasteiger partial charge in [0.25, 0.3) is 0 Å². The lowest BCUT2D eigenvalue weighted by Crippen LogP contribution is -2.54. The number of piperazine rings is 1. The quantitative estimate of drug-likeness (QED) is 0.725. The van der Waals surface area contributed by atoms with Gasteiger partial charge in [0.05, 0.1) is 5.69 Å². The van der Waals surface area contributed by atoms with E-state index in [0.29, 0.717) is 45.0 Å². The Labute approximate surface area is 158 Å². The maximum absolute atomic E-state index is 13.9. The van der Waals surface area contributed by atoms with Gasteiger partial charge in [0.1, 0.15) is 5.82 Å². The van der Waals surface area contributed by atoms with Gasteiger partial charge in [-0.15, -0.1) is 0 Å². The largest absolute Gasteiger partial charge is 0.366 e. The zero-order valence-corrected chi connectivity index (χ0v) is 15.1. The van der Waals surface area contributed by atoms with Gasteiger partial charge in [0.2, 0.25) is 0 Å². The van der Waals surface area contributed by atoms with Crippen molar-refractivity contribution in [3.8, 4) is 0 Å². The summed E-state index contributed by atoms with van der Waals surface area (Å²) in [6.07, 6.45) is 0.774. The van der Waals surface area contributed by atoms with Crippen LogP contribution in [0.4, 0.5) is 10.1 Å². The molecule has 0 unspecified atom stereocenters. The number of hydrogen-bond donors (Lipinski definition) is 0. The lowest BCUT2D eigenvalue weighted by Gasteiger charge is -2.37. The number of amides is 2. The third-order valence-corrected chi connectivity index (χ3v) is 5.36. The minimum absolute atomic E-state index is 0.264. The number of para-hydroxylation sites is 1. The van der Waals surface area contributed by atoms with Gasteiger partial charge in [-0.2, -0.15) is 0 Å². The molecule has 2 heterocycles. The summed E-state index contributed by atoms with van der Waals surface area (Å²) in [5.74, 6) is -1.16. The SMILES string of the molecule is O=C(C(=O)N1CCc2ccccc2C1)N1CCN(c2ccccc2F)CC1. The molecule has 2 aromatic carbocycles. The van der Waals surface area contributed by atoms with Crippen LogP contribution in [0.1, 0.15) is 11.1 Å². The summed E-state index contributed by atoms with van der Waals surface area (Å²) in [5.41, 5.74) is 2.89. The molecule has 140 valence electrons. The molecular weight excluding hydrogens is 345 g/mol. The molecule has 0 atom stereocenters. The first kappa shape index (κ1) is 17.5. The predicted molar refractivity (Wildman–Crippen MR) is 101 cm³/mol. The highest BCUT2D eigenvalue weighted by atomic mass is 19.1. The van der Waals surface area contributed by atoms with Crippen molar-refractivity contribution in [2.75, 3.05) is 37.6 Å². The zero-order valence-electron chi connectivity index (χ0n) is 15.1. The van der Waals surface area contributed by atoms with Crippen LogP contribution in [0.15, 0.2) is 48.5 Å². The van der Waals surface area contributed by atoms with E-state index in [1.807, 2.05) is 23.1 Å². The monoisotopic (exact) mass is 367 g/mol. The second kappa shape index (κ2) is 7.39. The molecule has 6 heteroatoms. The number of rotatable bonds is 1. The molecule has 2 aliphatic rings. The summed E-state index contributed by atoms with van der Waals surface area (Å²) in [6.45, 7) is 2.92. The molecule has 0 N–H and O–H groups in total. The number of carbonyl (C=O) groups excluding carboxylic acids is 2. The van der Waals surface area contributed by atoms with E-state index in [1.54, 1.807) is 28.0 Å². The Kier molecular flexibility index (Phi) is 4.79. The Morgan fingerprint density at radius 1 is 0.741 bits per heavy atom. The van der Waals surface area contributed by atoms with Crippen LogP contribution >= 0.6 is 0 Å². The van der Waals surface area contributed by atoms with Crippen molar-refractivity contribution in [2.45, 2.75) is 13.0 Å². The Bertz CT molecular complexity index is 862. The van der Waals surface area contributed by atoms with E-state index in [2.05, 4.69) is 6.07 Å². The average molecular weight is 367 g/mol. The van der Waals surface area contributed by atoms with Crippen LogP contribution in [0.5, 0.6) is 0 Å². The van der Waals surface area contributed by atoms with Crippen molar-refractivity contribution in [1.82, 2.24) is 9.80 Å². The number of nitrogens with zero attached hydrogens (tertiary/aromatic N) is 3. The van der Waals surface area contributed by atoms with Crippen LogP contribution in [-0.2, 0) is 22.6 Å². The first-order valence-corrected chi connectivity index (χ1v) is 9.28. The summed E-state index contributed by atoms with van der Waals surface area (Å²) in [5, 5.41) is 0. The molecule has 0 spiro atoms. The highest BCUT2D eigenvalue weighted by Crippen LogP contribution is 2.21. The van der Waals surface area contributed by atoms with Crippen molar-refractivity contribution >= 4 is 17.5 Å². The molecule has 0 aliphatic carbocycles. The molecule has 4 rings (SSSR count). The van der Waals surface area contributed by atoms with Crippen LogP contribution in [0.2, 0.25) is 0 Å². The van der Waals surface area contributed by atoms with E-state index >= 15 is 0 Å². The molecule has 1 saturated heterocycles. The minimum Gasteiger partial charge on any atom is -0.366 e. The Hall–Kier alpha value is -2.89. The Morgan fingerprint density at radius 3 is 2.11 bits per heavy atom. The van der Waals surface area contributed by atoms with Crippen molar-refractivity contribution in [3.05, 3.63) is 65.5 Å². The summed E-state index contributed by atoms with van der Waals surface area (Å²) < 4.78 is 13.9. The fourth-order valence-electron chi connectivity index (χ4n) is 3.80. The van der Waals surface area contributed by atoms with Gasteiger partial charge in [-0.25, -0.2) is 4.39 Å². The number of fused-ring (bicyclic) bond motifs is 1. The number of halogens is 1. The van der Waals surface area contributed by atoms with Crippen LogP contribution in [0, 0.1) is 5.82 Å². The highest BCUT2D eigenvalue weighted by molar-refractivity contribution is 6.34. The second-order valence-electron chi connectivity index (χ2n) is 6.98. The molecule has 2 aromatic rings. The smallest absolute Gasteiger partial charge is 0.312 e. The minimum atomic E-state index is -0.456. The summed E-state index contributed by atoms with van der Waals surface area (Å²) >= 11 is 0. The van der Waals surface area contributed by atoms with Gasteiger partial charge in [-0.1, -0.05) is 36.4 Å². The van der Waals surface area contributed by atoms with Crippen molar-refractivity contribution < 1.29 is 14.0 Å². The number of carbonyl (C=O) groups is 2. The molecule has 2 amide bonds. The third kappa shape index (κ3) is 3.52. The molecule has 0 aromatic heterocycles. The van der Waals surface area contributed by atoms with Crippen molar-refractivity contribution in [1.29, 1.82) is 0 Å². The van der Waals surface area contributed by atoms with E-state index in [0.717, 1.165) is 12.0 Å². The maximum Gasteiger partial charge on any atom is 0.312 e. The highest BCUT2D eigenvalue weighted by Gasteiger charge is 2.31. The van der Waals surface area contributed by atoms with Gasteiger partial charge >= 0.3 is 11.8 Å². The molecule has 0 saturated carbocycles. The molecule has 0 bridgehead atoms. The molecule has 5 nitrogen and oxygen atoms in total. The normalized spacial score (nSPS) is 16.9. The lowest BCUT2D eigenvalue weighted by atomic mass is 10.00. The summed E-state index contributed by atoms with van der Waals surface area (Å²) in [6, 6.07) is 14.7. The van der Waals surface area contributed by atoms with Crippen molar-refractivity contribution in [2.24, 2.45) is 0 Å². The van der Waals surface area contributed by atoms with E-state index in [1.165, 1.54) is 11.6 Å². The summed E-state index contributed by atoms with van der Waals surface area (Å²) in [4.78, 5) is 30.5. The molecule has 2 aliphatic heterocycles. The fourth-order valence-corrected chi connectivity index (χ4v) is 3.80. The van der Waals surface area contributed by atoms with E-state index in [4.69, 9.17) is 0 Å². The Balaban J connectivity index is 1.37. The van der Waals surface area contributed by atoms with Gasteiger partial charge in [-0.05, 0) is 29.7 Å². The summed E-state index contributed by atoms with van der Waals surface area (Å²) in [7, 11) is 0. The van der Waals surface area contributed by atoms with Crippen LogP contribution in [0.25, 0.3) is 0 Å². The van der Waals surface area contributed by atoms with Crippen LogP contribution in [-0.4, -0.2) is 54.3 Å². The maximum atomic E-state index is 13.9. The predicted octanol–water partition coefficient (Wildman–Crippen LogP) is 2.06. The van der Waals surface area contributed by atoms with E-state index in [9.17, 15) is 14.0 Å². The average Bonchev–Trinajstić information content (AvgIpc) is 2.73. The van der Waals surface area contributed by atoms with Crippen LogP contribution in [0.3, 0.4) is 0 Å². The van der Waals surface area contributed by atoms with Gasteiger partial charge in [0.15, 0.2) is 0 Å². The molecule has 1 fully saturated rings.